The zero-order valence-electron chi connectivity index (χ0n) is 16.2. The van der Waals surface area contributed by atoms with Gasteiger partial charge in [-0.2, -0.15) is 0 Å². The van der Waals surface area contributed by atoms with Crippen molar-refractivity contribution in [3.8, 4) is 5.75 Å². The number of hydrogen-bond acceptors (Lipinski definition) is 6. The highest BCUT2D eigenvalue weighted by atomic mass is 16.5. The van der Waals surface area contributed by atoms with Crippen LogP contribution in [0.4, 0.5) is 0 Å². The Kier molecular flexibility index (Phi) is 5.05. The van der Waals surface area contributed by atoms with Crippen LogP contribution >= 0.6 is 0 Å². The SMILES string of the molecule is COC(=O)c1cncc(C(=O)N2CCCC3(CC2)CC(=O)c2ccccc2O3)c1. The molecule has 3 heterocycles. The second kappa shape index (κ2) is 7.66. The van der Waals surface area contributed by atoms with E-state index >= 15 is 0 Å². The molecule has 1 unspecified atom stereocenters. The molecular formula is C22H22N2O5. The number of amides is 1. The Morgan fingerprint density at radius 1 is 1.14 bits per heavy atom. The molecule has 2 aromatic rings. The van der Waals surface area contributed by atoms with Crippen LogP contribution in [0.25, 0.3) is 0 Å². The van der Waals surface area contributed by atoms with E-state index in [4.69, 9.17) is 9.47 Å². The molecule has 2 aliphatic rings. The fourth-order valence-electron chi connectivity index (χ4n) is 4.06. The topological polar surface area (TPSA) is 85.8 Å². The number of esters is 1. The number of rotatable bonds is 2. The molecule has 1 amide bonds. The van der Waals surface area contributed by atoms with E-state index in [-0.39, 0.29) is 17.3 Å². The molecule has 0 N–H and O–H groups in total. The Labute approximate surface area is 168 Å². The van der Waals surface area contributed by atoms with Crippen LogP contribution in [0.5, 0.6) is 5.75 Å². The predicted molar refractivity (Wildman–Crippen MR) is 104 cm³/mol. The zero-order valence-corrected chi connectivity index (χ0v) is 16.2. The lowest BCUT2D eigenvalue weighted by molar-refractivity contribution is 0.0300. The van der Waals surface area contributed by atoms with Crippen LogP contribution < -0.4 is 4.74 Å². The van der Waals surface area contributed by atoms with Gasteiger partial charge in [0.25, 0.3) is 5.91 Å². The summed E-state index contributed by atoms with van der Waals surface area (Å²) < 4.78 is 11.0. The summed E-state index contributed by atoms with van der Waals surface area (Å²) in [5.74, 6) is -0.0160. The van der Waals surface area contributed by atoms with Gasteiger partial charge in [-0.15, -0.1) is 0 Å². The third-order valence-electron chi connectivity index (χ3n) is 5.59. The van der Waals surface area contributed by atoms with Crippen molar-refractivity contribution in [2.24, 2.45) is 0 Å². The largest absolute Gasteiger partial charge is 0.486 e. The van der Waals surface area contributed by atoms with E-state index in [1.165, 1.54) is 25.6 Å². The molecule has 0 aliphatic carbocycles. The minimum atomic E-state index is -0.577. The van der Waals surface area contributed by atoms with Crippen LogP contribution in [0, 0.1) is 0 Å². The monoisotopic (exact) mass is 394 g/mol. The molecule has 0 radical (unpaired) electrons. The van der Waals surface area contributed by atoms with Crippen molar-refractivity contribution in [3.05, 3.63) is 59.4 Å². The lowest BCUT2D eigenvalue weighted by Gasteiger charge is -2.37. The van der Waals surface area contributed by atoms with E-state index in [1.54, 1.807) is 11.0 Å². The van der Waals surface area contributed by atoms with Crippen LogP contribution in [0.3, 0.4) is 0 Å². The Bertz CT molecular complexity index is 973. The number of ether oxygens (including phenoxy) is 2. The van der Waals surface area contributed by atoms with E-state index in [2.05, 4.69) is 4.98 Å². The second-order valence-corrected chi connectivity index (χ2v) is 7.48. The van der Waals surface area contributed by atoms with E-state index in [0.717, 1.165) is 6.42 Å². The molecule has 2 aliphatic heterocycles. The molecule has 0 saturated carbocycles. The number of aromatic nitrogens is 1. The highest BCUT2D eigenvalue weighted by Gasteiger charge is 2.42. The predicted octanol–water partition coefficient (Wildman–Crippen LogP) is 2.90. The van der Waals surface area contributed by atoms with Gasteiger partial charge in [-0.05, 0) is 31.0 Å². The number of likely N-dealkylation sites (tertiary alicyclic amines) is 1. The molecule has 7 nitrogen and oxygen atoms in total. The van der Waals surface area contributed by atoms with Crippen molar-refractivity contribution in [3.63, 3.8) is 0 Å². The van der Waals surface area contributed by atoms with E-state index < -0.39 is 11.6 Å². The summed E-state index contributed by atoms with van der Waals surface area (Å²) in [4.78, 5) is 43.0. The van der Waals surface area contributed by atoms with Crippen LogP contribution in [0.15, 0.2) is 42.7 Å². The molecule has 1 atom stereocenters. The van der Waals surface area contributed by atoms with Crippen LogP contribution in [0.1, 0.15) is 56.8 Å². The summed E-state index contributed by atoms with van der Waals surface area (Å²) >= 11 is 0. The minimum Gasteiger partial charge on any atom is -0.486 e. The van der Waals surface area contributed by atoms with E-state index in [1.807, 2.05) is 18.2 Å². The standard InChI is InChI=1S/C22H22N2O5/c1-28-21(27)16-11-15(13-23-14-16)20(26)24-9-4-7-22(8-10-24)12-18(25)17-5-2-3-6-19(17)29-22/h2-3,5-6,11,13-14H,4,7-10,12H2,1H3. The third-order valence-corrected chi connectivity index (χ3v) is 5.59. The molecule has 1 aromatic heterocycles. The number of carbonyl (C=O) groups is 3. The van der Waals surface area contributed by atoms with E-state index in [0.29, 0.717) is 49.2 Å². The van der Waals surface area contributed by atoms with Gasteiger partial charge in [-0.25, -0.2) is 4.79 Å². The van der Waals surface area contributed by atoms with Gasteiger partial charge in [0.2, 0.25) is 0 Å². The number of nitrogens with zero attached hydrogens (tertiary/aromatic N) is 2. The van der Waals surface area contributed by atoms with E-state index in [9.17, 15) is 14.4 Å². The summed E-state index contributed by atoms with van der Waals surface area (Å²) in [5, 5.41) is 0. The number of carbonyl (C=O) groups excluding carboxylic acids is 3. The van der Waals surface area contributed by atoms with Crippen molar-refractivity contribution in [1.29, 1.82) is 0 Å². The Hall–Kier alpha value is -3.22. The van der Waals surface area contributed by atoms with Gasteiger partial charge in [0.15, 0.2) is 5.78 Å². The summed E-state index contributed by atoms with van der Waals surface area (Å²) in [6.07, 6.45) is 5.16. The minimum absolute atomic E-state index is 0.0848. The van der Waals surface area contributed by atoms with Gasteiger partial charge < -0.3 is 14.4 Å². The summed E-state index contributed by atoms with van der Waals surface area (Å²) in [6, 6.07) is 8.81. The lowest BCUT2D eigenvalue weighted by Crippen LogP contribution is -2.43. The smallest absolute Gasteiger partial charge is 0.339 e. The molecule has 1 spiro atoms. The first-order valence-electron chi connectivity index (χ1n) is 9.65. The molecule has 1 fully saturated rings. The number of fused-ring (bicyclic) bond motifs is 1. The molecule has 29 heavy (non-hydrogen) atoms. The van der Waals surface area contributed by atoms with Gasteiger partial charge in [0, 0.05) is 31.9 Å². The second-order valence-electron chi connectivity index (χ2n) is 7.48. The first-order chi connectivity index (χ1) is 14.0. The number of hydrogen-bond donors (Lipinski definition) is 0. The van der Waals surface area contributed by atoms with Crippen molar-refractivity contribution >= 4 is 17.7 Å². The number of pyridine rings is 1. The normalized spacial score (nSPS) is 21.1. The Morgan fingerprint density at radius 3 is 2.76 bits per heavy atom. The number of Topliss-reactive ketones (excluding diaryl/α,β-unsaturated/α-hetero) is 1. The van der Waals surface area contributed by atoms with Crippen LogP contribution in [-0.4, -0.2) is 53.3 Å². The van der Waals surface area contributed by atoms with Crippen molar-refractivity contribution in [2.45, 2.75) is 31.3 Å². The fourth-order valence-corrected chi connectivity index (χ4v) is 4.06. The van der Waals surface area contributed by atoms with Gasteiger partial charge in [0.1, 0.15) is 11.4 Å². The number of benzene rings is 1. The molecule has 1 saturated heterocycles. The van der Waals surface area contributed by atoms with Crippen molar-refractivity contribution < 1.29 is 23.9 Å². The number of methoxy groups -OCH3 is 1. The highest BCUT2D eigenvalue weighted by Crippen LogP contribution is 2.39. The van der Waals surface area contributed by atoms with Gasteiger partial charge in [-0.3, -0.25) is 14.6 Å². The Balaban J connectivity index is 1.50. The quantitative estimate of drug-likeness (QED) is 0.728. The van der Waals surface area contributed by atoms with Gasteiger partial charge >= 0.3 is 5.97 Å². The summed E-state index contributed by atoms with van der Waals surface area (Å²) in [7, 11) is 1.29. The maximum absolute atomic E-state index is 13.0. The molecule has 7 heteroatoms. The van der Waals surface area contributed by atoms with Crippen LogP contribution in [-0.2, 0) is 4.74 Å². The maximum atomic E-state index is 13.0. The zero-order chi connectivity index (χ0) is 20.4. The van der Waals surface area contributed by atoms with Gasteiger partial charge in [-0.1, -0.05) is 12.1 Å². The maximum Gasteiger partial charge on any atom is 0.339 e. The number of para-hydroxylation sites is 1. The fraction of sp³-hybridized carbons (Fsp3) is 0.364. The van der Waals surface area contributed by atoms with Crippen molar-refractivity contribution in [1.82, 2.24) is 9.88 Å². The highest BCUT2D eigenvalue weighted by molar-refractivity contribution is 6.00. The molecule has 0 bridgehead atoms. The molecular weight excluding hydrogens is 372 g/mol. The first kappa shape index (κ1) is 19.1. The number of ketones is 1. The average Bonchev–Trinajstić information content (AvgIpc) is 2.95. The average molecular weight is 394 g/mol. The van der Waals surface area contributed by atoms with Crippen LogP contribution in [0.2, 0.25) is 0 Å². The summed E-state index contributed by atoms with van der Waals surface area (Å²) in [5.41, 5.74) is 0.630. The Morgan fingerprint density at radius 2 is 1.93 bits per heavy atom. The van der Waals surface area contributed by atoms with Gasteiger partial charge in [0.05, 0.1) is 30.2 Å². The molecule has 1 aromatic carbocycles. The van der Waals surface area contributed by atoms with Crippen molar-refractivity contribution in [2.75, 3.05) is 20.2 Å². The summed E-state index contributed by atoms with van der Waals surface area (Å²) in [6.45, 7) is 1.03. The lowest BCUT2D eigenvalue weighted by atomic mass is 9.84. The molecule has 4 rings (SSSR count). The first-order valence-corrected chi connectivity index (χ1v) is 9.65. The third kappa shape index (κ3) is 3.72. The molecule has 150 valence electrons.